The number of carbonyl (C=O) groups excluding carboxylic acids is 1. The largest absolute Gasteiger partial charge is 0.348 e. The van der Waals surface area contributed by atoms with Crippen LogP contribution < -0.4 is 5.32 Å². The zero-order chi connectivity index (χ0) is 14.4. The number of nitrogens with one attached hydrogen (secondary N) is 1. The first-order chi connectivity index (χ1) is 10.2. The van der Waals surface area contributed by atoms with Gasteiger partial charge in [-0.1, -0.05) is 0 Å². The van der Waals surface area contributed by atoms with Crippen LogP contribution in [0.2, 0.25) is 0 Å². The second-order valence-corrected chi connectivity index (χ2v) is 6.53. The van der Waals surface area contributed by atoms with Gasteiger partial charge < -0.3 is 14.6 Å². The summed E-state index contributed by atoms with van der Waals surface area (Å²) in [5.41, 5.74) is 3.07. The van der Waals surface area contributed by atoms with E-state index in [-0.39, 0.29) is 5.91 Å². The molecule has 2 aromatic rings. The molecule has 2 saturated heterocycles. The van der Waals surface area contributed by atoms with E-state index in [9.17, 15) is 4.79 Å². The van der Waals surface area contributed by atoms with Gasteiger partial charge in [-0.3, -0.25) is 4.79 Å². The molecule has 2 aromatic heterocycles. The molecule has 2 aliphatic rings. The summed E-state index contributed by atoms with van der Waals surface area (Å²) in [6.45, 7) is 5.51. The molecule has 0 radical (unpaired) electrons. The van der Waals surface area contributed by atoms with E-state index in [0.29, 0.717) is 6.04 Å². The van der Waals surface area contributed by atoms with Crippen molar-refractivity contribution in [2.24, 2.45) is 5.92 Å². The fraction of sp³-hybridized carbons (Fsp3) is 0.471. The van der Waals surface area contributed by atoms with Gasteiger partial charge in [-0.2, -0.15) is 0 Å². The summed E-state index contributed by atoms with van der Waals surface area (Å²) in [6.07, 6.45) is 6.42. The van der Waals surface area contributed by atoms with Gasteiger partial charge >= 0.3 is 0 Å². The standard InChI is InChI=1S/C17H21N3O/c1-12-2-6-20-7-4-14(9-16(12)20)17(21)18-15-8-13-3-5-19(10-13)11-15/h2,4,6-7,9,13,15H,3,5,8,10-11H2,1H3,(H,18,21)/t13?,15-/m1/s1. The number of aromatic nitrogens is 1. The Morgan fingerprint density at radius 1 is 1.29 bits per heavy atom. The van der Waals surface area contributed by atoms with Crippen LogP contribution in [-0.2, 0) is 0 Å². The van der Waals surface area contributed by atoms with E-state index < -0.39 is 0 Å². The Hall–Kier alpha value is -1.81. The molecule has 0 spiro atoms. The van der Waals surface area contributed by atoms with E-state index in [2.05, 4.69) is 27.6 Å². The van der Waals surface area contributed by atoms with Crippen molar-refractivity contribution in [3.05, 3.63) is 41.7 Å². The lowest BCUT2D eigenvalue weighted by Crippen LogP contribution is -2.47. The lowest BCUT2D eigenvalue weighted by Gasteiger charge is -2.30. The molecule has 2 unspecified atom stereocenters. The number of carbonyl (C=O) groups is 1. The highest BCUT2D eigenvalue weighted by atomic mass is 16.1. The third-order valence-corrected chi connectivity index (χ3v) is 4.94. The third kappa shape index (κ3) is 2.33. The van der Waals surface area contributed by atoms with Crippen molar-refractivity contribution in [1.29, 1.82) is 0 Å². The molecule has 2 aliphatic heterocycles. The average molecular weight is 283 g/mol. The van der Waals surface area contributed by atoms with Gasteiger partial charge in [0.05, 0.1) is 0 Å². The van der Waals surface area contributed by atoms with Gasteiger partial charge in [0.25, 0.3) is 5.91 Å². The highest BCUT2D eigenvalue weighted by Gasteiger charge is 2.32. The number of aryl methyl sites for hydroxylation is 1. The number of fused-ring (bicyclic) bond motifs is 3. The van der Waals surface area contributed by atoms with E-state index in [1.54, 1.807) is 0 Å². The molecule has 2 bridgehead atoms. The monoisotopic (exact) mass is 283 g/mol. The van der Waals surface area contributed by atoms with Crippen LogP contribution in [-0.4, -0.2) is 40.9 Å². The van der Waals surface area contributed by atoms with Gasteiger partial charge in [0.15, 0.2) is 0 Å². The Morgan fingerprint density at radius 2 is 2.14 bits per heavy atom. The molecule has 0 aromatic carbocycles. The van der Waals surface area contributed by atoms with Crippen molar-refractivity contribution in [1.82, 2.24) is 14.6 Å². The predicted octanol–water partition coefficient (Wildman–Crippen LogP) is 2.07. The van der Waals surface area contributed by atoms with Gasteiger partial charge in [0.1, 0.15) is 0 Å². The van der Waals surface area contributed by atoms with E-state index in [4.69, 9.17) is 0 Å². The van der Waals surface area contributed by atoms with Crippen LogP contribution >= 0.6 is 0 Å². The number of piperidine rings is 1. The molecule has 4 heteroatoms. The fourth-order valence-corrected chi connectivity index (χ4v) is 3.81. The first-order valence-electron chi connectivity index (χ1n) is 7.79. The molecule has 1 amide bonds. The number of nitrogens with zero attached hydrogens (tertiary/aromatic N) is 2. The molecule has 3 atom stereocenters. The first kappa shape index (κ1) is 12.9. The minimum Gasteiger partial charge on any atom is -0.348 e. The molecule has 21 heavy (non-hydrogen) atoms. The summed E-state index contributed by atoms with van der Waals surface area (Å²) in [5, 5.41) is 3.22. The van der Waals surface area contributed by atoms with Gasteiger partial charge in [0, 0.05) is 42.6 Å². The Labute approximate surface area is 124 Å². The highest BCUT2D eigenvalue weighted by Crippen LogP contribution is 2.26. The summed E-state index contributed by atoms with van der Waals surface area (Å²) in [4.78, 5) is 15.0. The SMILES string of the molecule is Cc1ccn2ccc(C(=O)N[C@@H]3CC4CCN(C4)C3)cc12. The topological polar surface area (TPSA) is 36.8 Å². The molecule has 110 valence electrons. The summed E-state index contributed by atoms with van der Waals surface area (Å²) in [7, 11) is 0. The van der Waals surface area contributed by atoms with Gasteiger partial charge in [-0.25, -0.2) is 0 Å². The zero-order valence-corrected chi connectivity index (χ0v) is 12.4. The molecular formula is C17H21N3O. The second kappa shape index (κ2) is 4.88. The normalized spacial score (nSPS) is 28.0. The Morgan fingerprint density at radius 3 is 3.00 bits per heavy atom. The van der Waals surface area contributed by atoms with Crippen molar-refractivity contribution in [3.63, 3.8) is 0 Å². The number of amides is 1. The zero-order valence-electron chi connectivity index (χ0n) is 12.4. The van der Waals surface area contributed by atoms with Crippen LogP contribution in [0.25, 0.3) is 5.52 Å². The van der Waals surface area contributed by atoms with Gasteiger partial charge in [0.2, 0.25) is 0 Å². The third-order valence-electron chi connectivity index (χ3n) is 4.94. The van der Waals surface area contributed by atoms with Crippen LogP contribution in [0.3, 0.4) is 0 Å². The number of hydrogen-bond acceptors (Lipinski definition) is 2. The Bertz CT molecular complexity index is 678. The Balaban J connectivity index is 1.52. The summed E-state index contributed by atoms with van der Waals surface area (Å²) in [6, 6.07) is 6.27. The van der Waals surface area contributed by atoms with Crippen molar-refractivity contribution in [2.45, 2.75) is 25.8 Å². The molecule has 4 heterocycles. The van der Waals surface area contributed by atoms with Crippen LogP contribution in [0.15, 0.2) is 30.6 Å². The van der Waals surface area contributed by atoms with Crippen LogP contribution in [0.4, 0.5) is 0 Å². The van der Waals surface area contributed by atoms with Crippen molar-refractivity contribution >= 4 is 11.4 Å². The van der Waals surface area contributed by atoms with Gasteiger partial charge in [-0.05, 0) is 56.0 Å². The van der Waals surface area contributed by atoms with E-state index in [1.165, 1.54) is 25.1 Å². The molecule has 4 nitrogen and oxygen atoms in total. The number of pyridine rings is 1. The van der Waals surface area contributed by atoms with Crippen LogP contribution in [0, 0.1) is 12.8 Å². The summed E-state index contributed by atoms with van der Waals surface area (Å²) in [5.74, 6) is 0.838. The molecular weight excluding hydrogens is 262 g/mol. The van der Waals surface area contributed by atoms with Gasteiger partial charge in [-0.15, -0.1) is 0 Å². The van der Waals surface area contributed by atoms with Crippen molar-refractivity contribution < 1.29 is 4.79 Å². The maximum atomic E-state index is 12.5. The van der Waals surface area contributed by atoms with E-state index >= 15 is 0 Å². The molecule has 0 saturated carbocycles. The minimum atomic E-state index is 0.0607. The van der Waals surface area contributed by atoms with E-state index in [0.717, 1.165) is 30.0 Å². The maximum Gasteiger partial charge on any atom is 0.251 e. The highest BCUT2D eigenvalue weighted by molar-refractivity contribution is 5.95. The quantitative estimate of drug-likeness (QED) is 0.916. The first-order valence-corrected chi connectivity index (χ1v) is 7.79. The molecule has 1 N–H and O–H groups in total. The summed E-state index contributed by atoms with van der Waals surface area (Å²) < 4.78 is 2.05. The van der Waals surface area contributed by atoms with Crippen molar-refractivity contribution in [3.8, 4) is 0 Å². The van der Waals surface area contributed by atoms with E-state index in [1.807, 2.05) is 24.5 Å². The molecule has 0 aliphatic carbocycles. The number of hydrogen-bond donors (Lipinski definition) is 1. The number of rotatable bonds is 2. The predicted molar refractivity (Wildman–Crippen MR) is 82.6 cm³/mol. The summed E-state index contributed by atoms with van der Waals surface area (Å²) >= 11 is 0. The van der Waals surface area contributed by atoms with Crippen molar-refractivity contribution in [2.75, 3.05) is 19.6 Å². The lowest BCUT2D eigenvalue weighted by atomic mass is 9.96. The second-order valence-electron chi connectivity index (χ2n) is 6.53. The van der Waals surface area contributed by atoms with Crippen LogP contribution in [0.5, 0.6) is 0 Å². The van der Waals surface area contributed by atoms with Crippen LogP contribution in [0.1, 0.15) is 28.8 Å². The molecule has 2 fully saturated rings. The lowest BCUT2D eigenvalue weighted by molar-refractivity contribution is 0.0909. The minimum absolute atomic E-state index is 0.0607. The molecule has 4 rings (SSSR count). The smallest absolute Gasteiger partial charge is 0.251 e. The fourth-order valence-electron chi connectivity index (χ4n) is 3.81. The average Bonchev–Trinajstić information content (AvgIpc) is 3.02. The maximum absolute atomic E-state index is 12.5. The Kier molecular flexibility index (Phi) is 3.00.